The highest BCUT2D eigenvalue weighted by molar-refractivity contribution is 7.89. The average molecular weight is 448 g/mol. The third-order valence-corrected chi connectivity index (χ3v) is 7.43. The number of nitrogens with one attached hydrogen (secondary N) is 1. The zero-order valence-corrected chi connectivity index (χ0v) is 18.7. The van der Waals surface area contributed by atoms with E-state index in [1.165, 1.54) is 22.0 Å². The molecule has 0 bridgehead atoms. The van der Waals surface area contributed by atoms with Crippen molar-refractivity contribution in [3.63, 3.8) is 0 Å². The minimum atomic E-state index is -3.58. The van der Waals surface area contributed by atoms with Crippen molar-refractivity contribution in [2.45, 2.75) is 37.5 Å². The molecule has 2 aromatic carbocycles. The number of sulfonamides is 1. The molecular weight excluding hydrogens is 422 g/mol. The van der Waals surface area contributed by atoms with Gasteiger partial charge in [-0.05, 0) is 54.2 Å². The number of amides is 1. The van der Waals surface area contributed by atoms with Crippen LogP contribution in [-0.4, -0.2) is 37.9 Å². The zero-order valence-electron chi connectivity index (χ0n) is 17.1. The first-order chi connectivity index (χ1) is 14.3. The van der Waals surface area contributed by atoms with Crippen LogP contribution in [0.4, 0.5) is 0 Å². The molecule has 1 N–H and O–H groups in total. The van der Waals surface area contributed by atoms with Crippen molar-refractivity contribution in [2.24, 2.45) is 11.0 Å². The van der Waals surface area contributed by atoms with Crippen molar-refractivity contribution >= 4 is 33.7 Å². The summed E-state index contributed by atoms with van der Waals surface area (Å²) in [6.07, 6.45) is 2.52. The molecule has 2 aromatic rings. The maximum atomic E-state index is 12.7. The molecule has 1 aliphatic heterocycles. The van der Waals surface area contributed by atoms with E-state index < -0.39 is 10.0 Å². The number of rotatable bonds is 6. The SMILES string of the molecule is CC(C)c1ccc(/C=N\NC(=O)C2CCN(S(=O)(=O)c3ccc(Cl)cc3)CC2)cc1. The highest BCUT2D eigenvalue weighted by Crippen LogP contribution is 2.25. The number of hydrogen-bond acceptors (Lipinski definition) is 4. The Morgan fingerprint density at radius 3 is 2.27 bits per heavy atom. The van der Waals surface area contributed by atoms with Crippen molar-refractivity contribution in [1.29, 1.82) is 0 Å². The van der Waals surface area contributed by atoms with Crippen LogP contribution in [0.5, 0.6) is 0 Å². The van der Waals surface area contributed by atoms with Gasteiger partial charge in [-0.25, -0.2) is 13.8 Å². The van der Waals surface area contributed by atoms with Crippen LogP contribution in [0.2, 0.25) is 5.02 Å². The minimum absolute atomic E-state index is 0.186. The zero-order chi connectivity index (χ0) is 21.7. The maximum absolute atomic E-state index is 12.7. The van der Waals surface area contributed by atoms with Gasteiger partial charge in [0.2, 0.25) is 15.9 Å². The molecule has 3 rings (SSSR count). The molecule has 0 unspecified atom stereocenters. The molecule has 1 saturated heterocycles. The molecule has 0 atom stereocenters. The molecule has 0 saturated carbocycles. The fourth-order valence-electron chi connectivity index (χ4n) is 3.34. The fraction of sp³-hybridized carbons (Fsp3) is 0.364. The molecule has 6 nitrogen and oxygen atoms in total. The summed E-state index contributed by atoms with van der Waals surface area (Å²) in [7, 11) is -3.58. The van der Waals surface area contributed by atoms with Gasteiger partial charge in [0.1, 0.15) is 0 Å². The first-order valence-electron chi connectivity index (χ1n) is 9.96. The summed E-state index contributed by atoms with van der Waals surface area (Å²) in [5, 5.41) is 4.53. The largest absolute Gasteiger partial charge is 0.273 e. The lowest BCUT2D eigenvalue weighted by atomic mass is 9.98. The fourth-order valence-corrected chi connectivity index (χ4v) is 4.94. The van der Waals surface area contributed by atoms with E-state index in [0.717, 1.165) is 5.56 Å². The molecule has 30 heavy (non-hydrogen) atoms. The highest BCUT2D eigenvalue weighted by Gasteiger charge is 2.32. The summed E-state index contributed by atoms with van der Waals surface area (Å²) in [6, 6.07) is 14.1. The quantitative estimate of drug-likeness (QED) is 0.536. The van der Waals surface area contributed by atoms with Crippen LogP contribution in [0.15, 0.2) is 58.5 Å². The Kier molecular flexibility index (Phi) is 7.28. The predicted octanol–water partition coefficient (Wildman–Crippen LogP) is 4.01. The van der Waals surface area contributed by atoms with Crippen molar-refractivity contribution in [2.75, 3.05) is 13.1 Å². The van der Waals surface area contributed by atoms with E-state index >= 15 is 0 Å². The van der Waals surface area contributed by atoms with E-state index in [0.29, 0.717) is 36.9 Å². The standard InChI is InChI=1S/C22H26ClN3O3S/c1-16(2)18-5-3-17(4-6-18)15-24-25-22(27)19-11-13-26(14-12-19)30(28,29)21-9-7-20(23)8-10-21/h3-10,15-16,19H,11-14H2,1-2H3,(H,25,27)/b24-15-. The number of hydrazone groups is 1. The Balaban J connectivity index is 1.52. The van der Waals surface area contributed by atoms with E-state index in [1.807, 2.05) is 24.3 Å². The second-order valence-electron chi connectivity index (χ2n) is 7.69. The predicted molar refractivity (Wildman–Crippen MR) is 119 cm³/mol. The molecule has 1 amide bonds. The van der Waals surface area contributed by atoms with Crippen LogP contribution in [0, 0.1) is 5.92 Å². The molecule has 1 fully saturated rings. The van der Waals surface area contributed by atoms with E-state index in [-0.39, 0.29) is 16.7 Å². The van der Waals surface area contributed by atoms with Gasteiger partial charge in [0.25, 0.3) is 0 Å². The van der Waals surface area contributed by atoms with Crippen LogP contribution in [-0.2, 0) is 14.8 Å². The van der Waals surface area contributed by atoms with Crippen LogP contribution in [0.25, 0.3) is 0 Å². The molecule has 160 valence electrons. The van der Waals surface area contributed by atoms with Crippen LogP contribution in [0.1, 0.15) is 43.7 Å². The lowest BCUT2D eigenvalue weighted by Crippen LogP contribution is -2.42. The molecule has 1 heterocycles. The van der Waals surface area contributed by atoms with Crippen molar-refractivity contribution in [3.05, 3.63) is 64.7 Å². The van der Waals surface area contributed by atoms with Crippen LogP contribution in [0.3, 0.4) is 0 Å². The summed E-state index contributed by atoms with van der Waals surface area (Å²) in [5.74, 6) is 0.0146. The number of benzene rings is 2. The number of halogens is 1. The molecule has 8 heteroatoms. The normalized spacial score (nSPS) is 16.3. The van der Waals surface area contributed by atoms with E-state index in [1.54, 1.807) is 18.3 Å². The summed E-state index contributed by atoms with van der Waals surface area (Å²) in [6.45, 7) is 4.86. The lowest BCUT2D eigenvalue weighted by molar-refractivity contribution is -0.126. The van der Waals surface area contributed by atoms with E-state index in [4.69, 9.17) is 11.6 Å². The maximum Gasteiger partial charge on any atom is 0.243 e. The molecular formula is C22H26ClN3O3S. The summed E-state index contributed by atoms with van der Waals surface area (Å²) in [4.78, 5) is 12.6. The van der Waals surface area contributed by atoms with Gasteiger partial charge >= 0.3 is 0 Å². The molecule has 0 aliphatic carbocycles. The lowest BCUT2D eigenvalue weighted by Gasteiger charge is -2.30. The third kappa shape index (κ3) is 5.47. The Labute approximate surface area is 183 Å². The van der Waals surface area contributed by atoms with Gasteiger partial charge in [-0.2, -0.15) is 9.41 Å². The second kappa shape index (κ2) is 9.73. The van der Waals surface area contributed by atoms with E-state index in [2.05, 4.69) is 24.4 Å². The number of carbonyl (C=O) groups is 1. The molecule has 0 aromatic heterocycles. The Hall–Kier alpha value is -2.22. The number of hydrogen-bond donors (Lipinski definition) is 1. The summed E-state index contributed by atoms with van der Waals surface area (Å²) >= 11 is 5.84. The van der Waals surface area contributed by atoms with Gasteiger partial charge in [-0.1, -0.05) is 49.7 Å². The van der Waals surface area contributed by atoms with Crippen molar-refractivity contribution < 1.29 is 13.2 Å². The average Bonchev–Trinajstić information content (AvgIpc) is 2.74. The van der Waals surface area contributed by atoms with Crippen LogP contribution >= 0.6 is 11.6 Å². The van der Waals surface area contributed by atoms with Crippen LogP contribution < -0.4 is 5.43 Å². The number of nitrogens with zero attached hydrogens (tertiary/aromatic N) is 2. The van der Waals surface area contributed by atoms with Crippen molar-refractivity contribution in [1.82, 2.24) is 9.73 Å². The van der Waals surface area contributed by atoms with Gasteiger partial charge in [0, 0.05) is 24.0 Å². The summed E-state index contributed by atoms with van der Waals surface area (Å²) < 4.78 is 26.9. The first kappa shape index (κ1) is 22.5. The molecule has 1 aliphatic rings. The monoisotopic (exact) mass is 447 g/mol. The van der Waals surface area contributed by atoms with Gasteiger partial charge < -0.3 is 0 Å². The van der Waals surface area contributed by atoms with Crippen molar-refractivity contribution in [3.8, 4) is 0 Å². The highest BCUT2D eigenvalue weighted by atomic mass is 35.5. The number of carbonyl (C=O) groups excluding carboxylic acids is 1. The Bertz CT molecular complexity index is 995. The van der Waals surface area contributed by atoms with E-state index in [9.17, 15) is 13.2 Å². The smallest absolute Gasteiger partial charge is 0.243 e. The first-order valence-corrected chi connectivity index (χ1v) is 11.8. The third-order valence-electron chi connectivity index (χ3n) is 5.27. The Morgan fingerprint density at radius 2 is 1.70 bits per heavy atom. The van der Waals surface area contributed by atoms with Gasteiger partial charge in [-0.15, -0.1) is 0 Å². The molecule has 0 spiro atoms. The van der Waals surface area contributed by atoms with Gasteiger partial charge in [0.05, 0.1) is 11.1 Å². The topological polar surface area (TPSA) is 78.8 Å². The minimum Gasteiger partial charge on any atom is -0.273 e. The number of piperidine rings is 1. The Morgan fingerprint density at radius 1 is 1.10 bits per heavy atom. The summed E-state index contributed by atoms with van der Waals surface area (Å²) in [5.41, 5.74) is 4.73. The van der Waals surface area contributed by atoms with Gasteiger partial charge in [-0.3, -0.25) is 4.79 Å². The molecule has 0 radical (unpaired) electrons. The van der Waals surface area contributed by atoms with Gasteiger partial charge in [0.15, 0.2) is 0 Å². The second-order valence-corrected chi connectivity index (χ2v) is 10.1.